The molecule has 0 bridgehead atoms. The Morgan fingerprint density at radius 1 is 0.718 bits per heavy atom. The maximum atomic E-state index is 4.93. The van der Waals surface area contributed by atoms with E-state index in [4.69, 9.17) is 17.0 Å². The fourth-order valence-corrected chi connectivity index (χ4v) is 6.36. The number of fused-ring (bicyclic) bond motifs is 4. The molecule has 7 rings (SSSR count). The molecule has 1 aliphatic heterocycles. The van der Waals surface area contributed by atoms with Gasteiger partial charge in [-0.3, -0.25) is 0 Å². The third-order valence-corrected chi connectivity index (χ3v) is 8.21. The van der Waals surface area contributed by atoms with Crippen molar-refractivity contribution in [3.05, 3.63) is 139 Å². The van der Waals surface area contributed by atoms with Crippen molar-refractivity contribution in [1.29, 1.82) is 0 Å². The average Bonchev–Trinajstić information content (AvgIpc) is 3.60. The van der Waals surface area contributed by atoms with Crippen molar-refractivity contribution in [1.82, 2.24) is 0 Å². The molecule has 4 heteroatoms. The van der Waals surface area contributed by atoms with Gasteiger partial charge >= 0.3 is 37.9 Å². The van der Waals surface area contributed by atoms with E-state index in [0.717, 1.165) is 15.9 Å². The summed E-state index contributed by atoms with van der Waals surface area (Å²) >= 11 is -0.826. The normalized spacial score (nSPS) is 10.8. The van der Waals surface area contributed by atoms with Crippen molar-refractivity contribution in [3.63, 3.8) is 0 Å². The van der Waals surface area contributed by atoms with Gasteiger partial charge < -0.3 is 0 Å². The SMILES string of the molecule is CCc1cc2c(-c3ccccc3)c(-c3ccccc3)ccc2[cH-]1.[Cl][Zr+2][Cl].[c-]1cccc2c1[Si]c1ccccc1-2. The molecule has 6 aromatic carbocycles. The molecule has 1 heterocycles. The first-order valence-corrected chi connectivity index (χ1v) is 20.2. The Morgan fingerprint density at radius 3 is 2.08 bits per heavy atom. The standard InChI is InChI=1S/C23H19.C12H7Si.2ClH.Zr/c1-2-17-15-20-13-14-21(18-9-5-3-6-10-18)23(22(20)16-17)19-11-7-4-8-12-19;1-3-7-11-9(5-1)10-6-2-4-8-12(10)13-11;;;/h3-16H,2H2,1H3;1-7H;2*1H;/q2*-1;;;+4/p-2. The van der Waals surface area contributed by atoms with Crippen LogP contribution in [-0.2, 0) is 27.3 Å². The molecule has 39 heavy (non-hydrogen) atoms. The van der Waals surface area contributed by atoms with E-state index in [-0.39, 0.29) is 0 Å². The summed E-state index contributed by atoms with van der Waals surface area (Å²) in [6.45, 7) is 2.22. The second-order valence-electron chi connectivity index (χ2n) is 9.14. The topological polar surface area (TPSA) is 0 Å². The minimum absolute atomic E-state index is 0.795. The van der Waals surface area contributed by atoms with Crippen LogP contribution < -0.4 is 10.4 Å². The van der Waals surface area contributed by atoms with Crippen molar-refractivity contribution in [2.24, 2.45) is 0 Å². The maximum absolute atomic E-state index is 4.93. The van der Waals surface area contributed by atoms with E-state index >= 15 is 0 Å². The molecule has 0 unspecified atom stereocenters. The van der Waals surface area contributed by atoms with Crippen molar-refractivity contribution >= 4 is 47.7 Å². The summed E-state index contributed by atoms with van der Waals surface area (Å²) in [5.41, 5.74) is 9.37. The van der Waals surface area contributed by atoms with Crippen molar-refractivity contribution < 1.29 is 20.8 Å². The third-order valence-electron chi connectivity index (χ3n) is 6.84. The Kier molecular flexibility index (Phi) is 9.77. The van der Waals surface area contributed by atoms with E-state index in [1.807, 2.05) is 6.07 Å². The van der Waals surface area contributed by atoms with Crippen molar-refractivity contribution in [2.75, 3.05) is 0 Å². The van der Waals surface area contributed by atoms with Crippen molar-refractivity contribution in [3.8, 4) is 33.4 Å². The van der Waals surface area contributed by atoms with Gasteiger partial charge in [0.05, 0.1) is 9.52 Å². The smallest absolute Gasteiger partial charge is 0.0920 e. The Morgan fingerprint density at radius 2 is 1.36 bits per heavy atom. The van der Waals surface area contributed by atoms with Gasteiger partial charge in [-0.05, 0) is 23.1 Å². The van der Waals surface area contributed by atoms with Gasteiger partial charge in [-0.2, -0.15) is 35.5 Å². The van der Waals surface area contributed by atoms with E-state index < -0.39 is 20.8 Å². The number of benzene rings is 5. The minimum atomic E-state index is -0.826. The van der Waals surface area contributed by atoms with Gasteiger partial charge in [0.25, 0.3) is 0 Å². The second-order valence-corrected chi connectivity index (χ2v) is 14.2. The maximum Gasteiger partial charge on any atom is 0.0920 e. The molecule has 0 fully saturated rings. The molecular formula is C35H26Cl2SiZr. The first-order valence-electron chi connectivity index (χ1n) is 12.9. The van der Waals surface area contributed by atoms with Gasteiger partial charge in [0.15, 0.2) is 0 Å². The summed E-state index contributed by atoms with van der Waals surface area (Å²) in [5, 5.41) is 5.51. The monoisotopic (exact) mass is 634 g/mol. The molecule has 1 aliphatic rings. The molecule has 0 atom stereocenters. The van der Waals surface area contributed by atoms with Gasteiger partial charge in [0.1, 0.15) is 0 Å². The van der Waals surface area contributed by atoms with E-state index in [0.29, 0.717) is 0 Å². The minimum Gasteiger partial charge on any atom is -0.184 e. The van der Waals surface area contributed by atoms with Gasteiger partial charge in [-0.25, -0.2) is 0 Å². The van der Waals surface area contributed by atoms with Crippen LogP contribution in [0.4, 0.5) is 0 Å². The van der Waals surface area contributed by atoms with Crippen LogP contribution in [0.3, 0.4) is 0 Å². The van der Waals surface area contributed by atoms with Gasteiger partial charge in [0.2, 0.25) is 0 Å². The summed E-state index contributed by atoms with van der Waals surface area (Å²) < 4.78 is 0. The number of halogens is 2. The summed E-state index contributed by atoms with van der Waals surface area (Å²) in [5.74, 6) is 0. The fourth-order valence-electron chi connectivity index (χ4n) is 5.05. The van der Waals surface area contributed by atoms with Crippen LogP contribution in [0.2, 0.25) is 0 Å². The van der Waals surface area contributed by atoms with E-state index in [9.17, 15) is 0 Å². The van der Waals surface area contributed by atoms with Gasteiger partial charge in [-0.15, -0.1) is 34.0 Å². The quantitative estimate of drug-likeness (QED) is 0.134. The Labute approximate surface area is 252 Å². The second kappa shape index (κ2) is 13.6. The molecule has 0 spiro atoms. The Bertz CT molecular complexity index is 1620. The average molecular weight is 637 g/mol. The van der Waals surface area contributed by atoms with Crippen LogP contribution in [0.5, 0.6) is 0 Å². The zero-order valence-corrected chi connectivity index (χ0v) is 26.6. The molecule has 188 valence electrons. The number of hydrogen-bond acceptors (Lipinski definition) is 0. The zero-order chi connectivity index (χ0) is 27.0. The zero-order valence-electron chi connectivity index (χ0n) is 21.6. The van der Waals surface area contributed by atoms with Crippen LogP contribution in [-0.4, -0.2) is 9.52 Å². The largest absolute Gasteiger partial charge is 0.184 e. The molecule has 0 aromatic heterocycles. The van der Waals surface area contributed by atoms with E-state index in [2.05, 4.69) is 134 Å². The van der Waals surface area contributed by atoms with E-state index in [1.165, 1.54) is 60.1 Å². The molecule has 0 saturated carbocycles. The van der Waals surface area contributed by atoms with Gasteiger partial charge in [-0.1, -0.05) is 114 Å². The molecule has 0 aliphatic carbocycles. The summed E-state index contributed by atoms with van der Waals surface area (Å²) in [6, 6.07) is 48.8. The molecule has 2 radical (unpaired) electrons. The predicted molar refractivity (Wildman–Crippen MR) is 167 cm³/mol. The van der Waals surface area contributed by atoms with Crippen LogP contribution in [0.25, 0.3) is 44.2 Å². The third kappa shape index (κ3) is 6.42. The van der Waals surface area contributed by atoms with Crippen molar-refractivity contribution in [2.45, 2.75) is 13.3 Å². The van der Waals surface area contributed by atoms with Crippen LogP contribution in [0, 0.1) is 6.07 Å². The number of aryl methyl sites for hydroxylation is 1. The molecule has 0 N–H and O–H groups in total. The van der Waals surface area contributed by atoms with Crippen LogP contribution >= 0.6 is 17.0 Å². The molecular weight excluding hydrogens is 611 g/mol. The summed E-state index contributed by atoms with van der Waals surface area (Å²) in [4.78, 5) is 0. The molecule has 0 saturated heterocycles. The van der Waals surface area contributed by atoms with E-state index in [1.54, 1.807) is 0 Å². The molecule has 0 nitrogen and oxygen atoms in total. The molecule has 0 amide bonds. The summed E-state index contributed by atoms with van der Waals surface area (Å²) in [6.07, 6.45) is 1.07. The Balaban J connectivity index is 0.000000162. The molecule has 6 aromatic rings. The predicted octanol–water partition coefficient (Wildman–Crippen LogP) is 8.95. The fraction of sp³-hybridized carbons (Fsp3) is 0.0571. The number of hydrogen-bond donors (Lipinski definition) is 0. The Hall–Kier alpha value is -2.61. The first-order chi connectivity index (χ1) is 19.2. The van der Waals surface area contributed by atoms with Crippen LogP contribution in [0.15, 0.2) is 127 Å². The summed E-state index contributed by atoms with van der Waals surface area (Å²) in [7, 11) is 10.7. The van der Waals surface area contributed by atoms with Crippen LogP contribution in [0.1, 0.15) is 12.5 Å². The van der Waals surface area contributed by atoms with Gasteiger partial charge in [0, 0.05) is 0 Å². The number of rotatable bonds is 3. The first kappa shape index (κ1) is 27.9.